The fourth-order valence-electron chi connectivity index (χ4n) is 3.46. The van der Waals surface area contributed by atoms with E-state index in [1.807, 2.05) is 30.5 Å². The Morgan fingerprint density at radius 1 is 1.06 bits per heavy atom. The molecule has 2 aromatic rings. The number of fused-ring (bicyclic) bond motifs is 2. The molecule has 2 aliphatic rings. The molecule has 2 nitrogen and oxygen atoms in total. The highest BCUT2D eigenvalue weighted by Crippen LogP contribution is 2.55. The quantitative estimate of drug-likeness (QED) is 0.749. The maximum Gasteiger partial charge on any atom is 0.168 e. The molecule has 0 amide bonds. The van der Waals surface area contributed by atoms with Crippen molar-refractivity contribution >= 4 is 16.6 Å². The maximum atomic E-state index is 12.6. The number of carbonyl (C=O) groups excluding carboxylic acids is 1. The summed E-state index contributed by atoms with van der Waals surface area (Å²) < 4.78 is 0. The topological polar surface area (TPSA) is 30.0 Å². The zero-order valence-corrected chi connectivity index (χ0v) is 10.2. The smallest absolute Gasteiger partial charge is 0.168 e. The number of pyridine rings is 1. The van der Waals surface area contributed by atoms with Crippen LogP contribution in [0.25, 0.3) is 10.8 Å². The SMILES string of the molecule is O=C(c1cncc2ccccc12)C1CC2CC2C1. The standard InChI is InChI=1S/C16H15NO/c18-16(13-6-11-5-12(11)7-13)15-9-17-8-10-3-1-2-4-14(10)15/h1-4,8-9,11-13H,5-7H2. The molecule has 90 valence electrons. The summed E-state index contributed by atoms with van der Waals surface area (Å²) in [7, 11) is 0. The summed E-state index contributed by atoms with van der Waals surface area (Å²) in [6.45, 7) is 0. The van der Waals surface area contributed by atoms with Crippen molar-refractivity contribution in [3.05, 3.63) is 42.2 Å². The van der Waals surface area contributed by atoms with E-state index >= 15 is 0 Å². The van der Waals surface area contributed by atoms with Gasteiger partial charge < -0.3 is 0 Å². The van der Waals surface area contributed by atoms with Gasteiger partial charge in [-0.2, -0.15) is 0 Å². The summed E-state index contributed by atoms with van der Waals surface area (Å²) >= 11 is 0. The van der Waals surface area contributed by atoms with Gasteiger partial charge in [0, 0.05) is 29.3 Å². The lowest BCUT2D eigenvalue weighted by Crippen LogP contribution is -2.13. The van der Waals surface area contributed by atoms with Crippen molar-refractivity contribution in [2.45, 2.75) is 19.3 Å². The third-order valence-corrected chi connectivity index (χ3v) is 4.55. The predicted molar refractivity (Wildman–Crippen MR) is 70.4 cm³/mol. The molecular formula is C16H15NO. The molecule has 1 aromatic carbocycles. The van der Waals surface area contributed by atoms with E-state index in [2.05, 4.69) is 4.98 Å². The summed E-state index contributed by atoms with van der Waals surface area (Å²) in [5.74, 6) is 2.26. The molecule has 0 saturated heterocycles. The lowest BCUT2D eigenvalue weighted by atomic mass is 9.92. The summed E-state index contributed by atoms with van der Waals surface area (Å²) in [4.78, 5) is 16.8. The molecule has 2 aliphatic carbocycles. The summed E-state index contributed by atoms with van der Waals surface area (Å²) in [5, 5.41) is 2.12. The molecule has 0 aliphatic heterocycles. The number of hydrogen-bond donors (Lipinski definition) is 0. The van der Waals surface area contributed by atoms with Gasteiger partial charge in [-0.3, -0.25) is 9.78 Å². The average molecular weight is 237 g/mol. The van der Waals surface area contributed by atoms with Crippen molar-refractivity contribution in [1.82, 2.24) is 4.98 Å². The first kappa shape index (κ1) is 10.2. The van der Waals surface area contributed by atoms with E-state index in [0.29, 0.717) is 5.78 Å². The van der Waals surface area contributed by atoms with Gasteiger partial charge in [0.05, 0.1) is 0 Å². The third-order valence-electron chi connectivity index (χ3n) is 4.55. The Hall–Kier alpha value is -1.70. The molecule has 2 atom stereocenters. The molecule has 1 aromatic heterocycles. The molecule has 18 heavy (non-hydrogen) atoms. The highest BCUT2D eigenvalue weighted by Gasteiger charge is 2.48. The molecule has 2 saturated carbocycles. The number of nitrogens with zero attached hydrogens (tertiary/aromatic N) is 1. The highest BCUT2D eigenvalue weighted by molar-refractivity contribution is 6.08. The van der Waals surface area contributed by atoms with Gasteiger partial charge in [0.25, 0.3) is 0 Å². The second-order valence-corrected chi connectivity index (χ2v) is 5.70. The Kier molecular flexibility index (Phi) is 2.07. The predicted octanol–water partition coefficient (Wildman–Crippen LogP) is 3.46. The van der Waals surface area contributed by atoms with E-state index in [4.69, 9.17) is 0 Å². The number of carbonyl (C=O) groups is 1. The van der Waals surface area contributed by atoms with Crippen LogP contribution >= 0.6 is 0 Å². The Balaban J connectivity index is 1.75. The first-order valence-electron chi connectivity index (χ1n) is 6.70. The molecule has 0 N–H and O–H groups in total. The molecule has 4 rings (SSSR count). The summed E-state index contributed by atoms with van der Waals surface area (Å²) in [5.41, 5.74) is 0.819. The second-order valence-electron chi connectivity index (χ2n) is 5.70. The van der Waals surface area contributed by atoms with Crippen LogP contribution in [-0.4, -0.2) is 10.8 Å². The van der Waals surface area contributed by atoms with Crippen LogP contribution in [0.4, 0.5) is 0 Å². The normalized spacial score (nSPS) is 29.2. The van der Waals surface area contributed by atoms with Gasteiger partial charge >= 0.3 is 0 Å². The van der Waals surface area contributed by atoms with Gasteiger partial charge in [0.15, 0.2) is 5.78 Å². The molecule has 0 spiro atoms. The number of benzene rings is 1. The molecule has 2 heteroatoms. The van der Waals surface area contributed by atoms with Crippen LogP contribution in [0.5, 0.6) is 0 Å². The van der Waals surface area contributed by atoms with Crippen LogP contribution in [0.1, 0.15) is 29.6 Å². The van der Waals surface area contributed by atoms with Gasteiger partial charge in [-0.1, -0.05) is 24.3 Å². The summed E-state index contributed by atoms with van der Waals surface area (Å²) in [6, 6.07) is 8.03. The fourth-order valence-corrected chi connectivity index (χ4v) is 3.46. The highest BCUT2D eigenvalue weighted by atomic mass is 16.1. The van der Waals surface area contributed by atoms with E-state index < -0.39 is 0 Å². The summed E-state index contributed by atoms with van der Waals surface area (Å²) in [6.07, 6.45) is 7.14. The Morgan fingerprint density at radius 2 is 1.83 bits per heavy atom. The lowest BCUT2D eigenvalue weighted by Gasteiger charge is -2.12. The number of hydrogen-bond acceptors (Lipinski definition) is 2. The van der Waals surface area contributed by atoms with Crippen LogP contribution in [0.2, 0.25) is 0 Å². The third kappa shape index (κ3) is 1.48. The number of aromatic nitrogens is 1. The molecule has 1 heterocycles. The zero-order valence-electron chi connectivity index (χ0n) is 10.2. The van der Waals surface area contributed by atoms with Crippen molar-refractivity contribution in [2.75, 3.05) is 0 Å². The Labute approximate surface area is 106 Å². The van der Waals surface area contributed by atoms with Gasteiger partial charge in [-0.15, -0.1) is 0 Å². The number of ketones is 1. The van der Waals surface area contributed by atoms with E-state index in [9.17, 15) is 4.79 Å². The largest absolute Gasteiger partial charge is 0.294 e. The molecular weight excluding hydrogens is 222 g/mol. The van der Waals surface area contributed by atoms with Crippen LogP contribution in [-0.2, 0) is 0 Å². The van der Waals surface area contributed by atoms with E-state index in [1.165, 1.54) is 6.42 Å². The Morgan fingerprint density at radius 3 is 2.67 bits per heavy atom. The maximum absolute atomic E-state index is 12.6. The monoisotopic (exact) mass is 237 g/mol. The van der Waals surface area contributed by atoms with Crippen molar-refractivity contribution in [1.29, 1.82) is 0 Å². The van der Waals surface area contributed by atoms with E-state index in [-0.39, 0.29) is 5.92 Å². The van der Waals surface area contributed by atoms with Crippen LogP contribution in [0, 0.1) is 17.8 Å². The lowest BCUT2D eigenvalue weighted by molar-refractivity contribution is 0.0916. The fraction of sp³-hybridized carbons (Fsp3) is 0.375. The van der Waals surface area contributed by atoms with E-state index in [0.717, 1.165) is 41.0 Å². The molecule has 0 radical (unpaired) electrons. The zero-order chi connectivity index (χ0) is 12.1. The molecule has 2 fully saturated rings. The van der Waals surface area contributed by atoms with Gasteiger partial charge in [-0.05, 0) is 36.5 Å². The minimum atomic E-state index is 0.251. The van der Waals surface area contributed by atoms with Crippen LogP contribution in [0.15, 0.2) is 36.7 Å². The number of Topliss-reactive ketones (excluding diaryl/α,β-unsaturated/α-hetero) is 1. The van der Waals surface area contributed by atoms with Crippen molar-refractivity contribution < 1.29 is 4.79 Å². The van der Waals surface area contributed by atoms with Crippen molar-refractivity contribution in [3.8, 4) is 0 Å². The average Bonchev–Trinajstić information content (AvgIpc) is 3.04. The molecule has 2 unspecified atom stereocenters. The number of rotatable bonds is 2. The van der Waals surface area contributed by atoms with Crippen molar-refractivity contribution in [2.24, 2.45) is 17.8 Å². The molecule has 0 bridgehead atoms. The minimum absolute atomic E-state index is 0.251. The second kappa shape index (κ2) is 3.64. The van der Waals surface area contributed by atoms with Crippen LogP contribution < -0.4 is 0 Å². The van der Waals surface area contributed by atoms with Gasteiger partial charge in [0.2, 0.25) is 0 Å². The minimum Gasteiger partial charge on any atom is -0.294 e. The van der Waals surface area contributed by atoms with Crippen LogP contribution in [0.3, 0.4) is 0 Å². The van der Waals surface area contributed by atoms with E-state index in [1.54, 1.807) is 6.20 Å². The van der Waals surface area contributed by atoms with Gasteiger partial charge in [-0.25, -0.2) is 0 Å². The first-order valence-corrected chi connectivity index (χ1v) is 6.70. The van der Waals surface area contributed by atoms with Gasteiger partial charge in [0.1, 0.15) is 0 Å². The Bertz CT molecular complexity index is 619. The first-order chi connectivity index (χ1) is 8.83. The van der Waals surface area contributed by atoms with Crippen molar-refractivity contribution in [3.63, 3.8) is 0 Å².